The molecule has 0 unspecified atom stereocenters. The molecule has 2 aliphatic rings. The molecule has 1 fully saturated rings. The first-order chi connectivity index (χ1) is 8.38. The highest BCUT2D eigenvalue weighted by Gasteiger charge is 2.21. The van der Waals surface area contributed by atoms with Gasteiger partial charge in [0.15, 0.2) is 0 Å². The summed E-state index contributed by atoms with van der Waals surface area (Å²) in [5.74, 6) is 0.726. The molecule has 0 radical (unpaired) electrons. The molecule has 2 heterocycles. The lowest BCUT2D eigenvalue weighted by Gasteiger charge is -2.25. The van der Waals surface area contributed by atoms with Crippen molar-refractivity contribution in [2.45, 2.75) is 45.2 Å². The Morgan fingerprint density at radius 1 is 1.18 bits per heavy atom. The molecule has 0 bridgehead atoms. The van der Waals surface area contributed by atoms with Gasteiger partial charge in [0.25, 0.3) is 0 Å². The highest BCUT2D eigenvalue weighted by molar-refractivity contribution is 5.42. The number of nitrogens with one attached hydrogen (secondary N) is 1. The van der Waals surface area contributed by atoms with E-state index in [-0.39, 0.29) is 0 Å². The van der Waals surface area contributed by atoms with E-state index in [0.29, 0.717) is 0 Å². The van der Waals surface area contributed by atoms with E-state index < -0.39 is 0 Å². The Bertz CT molecular complexity index is 408. The van der Waals surface area contributed by atoms with Gasteiger partial charge in [0.05, 0.1) is 0 Å². The van der Waals surface area contributed by atoms with Crippen LogP contribution in [0.15, 0.2) is 12.1 Å². The molecule has 92 valence electrons. The van der Waals surface area contributed by atoms with Crippen molar-refractivity contribution < 1.29 is 4.74 Å². The standard InChI is InChI=1S/C15H21NO/c1-2-11-7-13-9-16-10-14(13)8-15(11)12-3-5-17-6-4-12/h7-8,12,16H,2-6,9-10H2,1H3. The topological polar surface area (TPSA) is 21.3 Å². The van der Waals surface area contributed by atoms with E-state index in [1.807, 2.05) is 0 Å². The third-order valence-electron chi connectivity index (χ3n) is 4.13. The average molecular weight is 231 g/mol. The Balaban J connectivity index is 1.96. The van der Waals surface area contributed by atoms with Crippen molar-refractivity contribution >= 4 is 0 Å². The van der Waals surface area contributed by atoms with Crippen molar-refractivity contribution in [3.05, 3.63) is 34.4 Å². The van der Waals surface area contributed by atoms with Crippen LogP contribution in [0.1, 0.15) is 47.9 Å². The maximum absolute atomic E-state index is 5.48. The van der Waals surface area contributed by atoms with Gasteiger partial charge in [0.1, 0.15) is 0 Å². The van der Waals surface area contributed by atoms with Gasteiger partial charge in [-0.1, -0.05) is 19.1 Å². The summed E-state index contributed by atoms with van der Waals surface area (Å²) < 4.78 is 5.48. The predicted octanol–water partition coefficient (Wildman–Crippen LogP) is 2.75. The Morgan fingerprint density at radius 3 is 2.59 bits per heavy atom. The molecule has 0 spiro atoms. The summed E-state index contributed by atoms with van der Waals surface area (Å²) in [4.78, 5) is 0. The quantitative estimate of drug-likeness (QED) is 0.845. The zero-order valence-corrected chi connectivity index (χ0v) is 10.6. The molecule has 0 saturated carbocycles. The summed E-state index contributed by atoms with van der Waals surface area (Å²) in [5.41, 5.74) is 6.18. The van der Waals surface area contributed by atoms with Crippen molar-refractivity contribution in [1.82, 2.24) is 5.32 Å². The Labute approximate surface area is 103 Å². The number of hydrogen-bond donors (Lipinski definition) is 1. The largest absolute Gasteiger partial charge is 0.381 e. The van der Waals surface area contributed by atoms with E-state index in [4.69, 9.17) is 4.74 Å². The van der Waals surface area contributed by atoms with Gasteiger partial charge in [-0.05, 0) is 47.4 Å². The molecular formula is C15H21NO. The third kappa shape index (κ3) is 2.12. The molecule has 1 aromatic carbocycles. The van der Waals surface area contributed by atoms with Crippen molar-refractivity contribution in [3.8, 4) is 0 Å². The lowest BCUT2D eigenvalue weighted by molar-refractivity contribution is 0.0851. The van der Waals surface area contributed by atoms with Gasteiger partial charge in [-0.3, -0.25) is 0 Å². The molecular weight excluding hydrogens is 210 g/mol. The highest BCUT2D eigenvalue weighted by atomic mass is 16.5. The minimum absolute atomic E-state index is 0.726. The maximum atomic E-state index is 5.48. The Kier molecular flexibility index (Phi) is 3.17. The summed E-state index contributed by atoms with van der Waals surface area (Å²) >= 11 is 0. The van der Waals surface area contributed by atoms with Gasteiger partial charge in [0, 0.05) is 26.3 Å². The monoisotopic (exact) mass is 231 g/mol. The van der Waals surface area contributed by atoms with Gasteiger partial charge in [-0.15, -0.1) is 0 Å². The Morgan fingerprint density at radius 2 is 1.88 bits per heavy atom. The summed E-state index contributed by atoms with van der Waals surface area (Å²) in [7, 11) is 0. The van der Waals surface area contributed by atoms with E-state index in [1.165, 1.54) is 24.0 Å². The second-order valence-corrected chi connectivity index (χ2v) is 5.16. The first-order valence-electron chi connectivity index (χ1n) is 6.81. The van der Waals surface area contributed by atoms with E-state index >= 15 is 0 Å². The maximum Gasteiger partial charge on any atom is 0.0471 e. The van der Waals surface area contributed by atoms with Crippen molar-refractivity contribution in [2.24, 2.45) is 0 Å². The first kappa shape index (κ1) is 11.2. The van der Waals surface area contributed by atoms with Gasteiger partial charge >= 0.3 is 0 Å². The molecule has 1 aromatic rings. The van der Waals surface area contributed by atoms with E-state index in [1.54, 1.807) is 11.1 Å². The molecule has 2 aliphatic heterocycles. The summed E-state index contributed by atoms with van der Waals surface area (Å²) in [6.45, 7) is 6.24. The van der Waals surface area contributed by atoms with Crippen LogP contribution in [0.25, 0.3) is 0 Å². The second kappa shape index (κ2) is 4.79. The van der Waals surface area contributed by atoms with Crippen LogP contribution < -0.4 is 5.32 Å². The summed E-state index contributed by atoms with van der Waals surface area (Å²) in [6.07, 6.45) is 3.54. The number of ether oxygens (including phenoxy) is 1. The predicted molar refractivity (Wildman–Crippen MR) is 69.2 cm³/mol. The Hall–Kier alpha value is -0.860. The number of hydrogen-bond acceptors (Lipinski definition) is 2. The molecule has 0 aromatic heterocycles. The van der Waals surface area contributed by atoms with Crippen LogP contribution in [-0.2, 0) is 24.2 Å². The van der Waals surface area contributed by atoms with Crippen LogP contribution in [0.2, 0.25) is 0 Å². The minimum atomic E-state index is 0.726. The van der Waals surface area contributed by atoms with E-state index in [9.17, 15) is 0 Å². The molecule has 0 aliphatic carbocycles. The fourth-order valence-electron chi connectivity index (χ4n) is 3.12. The molecule has 0 amide bonds. The first-order valence-corrected chi connectivity index (χ1v) is 6.81. The zero-order chi connectivity index (χ0) is 11.7. The van der Waals surface area contributed by atoms with Gasteiger partial charge in [-0.2, -0.15) is 0 Å². The van der Waals surface area contributed by atoms with Crippen LogP contribution in [0.5, 0.6) is 0 Å². The highest BCUT2D eigenvalue weighted by Crippen LogP contribution is 2.32. The van der Waals surface area contributed by atoms with Crippen LogP contribution in [0.4, 0.5) is 0 Å². The minimum Gasteiger partial charge on any atom is -0.381 e. The lowest BCUT2D eigenvalue weighted by Crippen LogP contribution is -2.15. The van der Waals surface area contributed by atoms with Gasteiger partial charge in [0.2, 0.25) is 0 Å². The molecule has 1 N–H and O–H groups in total. The molecule has 17 heavy (non-hydrogen) atoms. The fraction of sp³-hybridized carbons (Fsp3) is 0.600. The van der Waals surface area contributed by atoms with Crippen LogP contribution in [-0.4, -0.2) is 13.2 Å². The average Bonchev–Trinajstić information content (AvgIpc) is 2.85. The van der Waals surface area contributed by atoms with E-state index in [0.717, 1.165) is 38.6 Å². The number of fused-ring (bicyclic) bond motifs is 1. The van der Waals surface area contributed by atoms with Gasteiger partial charge in [-0.25, -0.2) is 0 Å². The normalized spacial score (nSPS) is 20.5. The van der Waals surface area contributed by atoms with Crippen LogP contribution >= 0.6 is 0 Å². The zero-order valence-electron chi connectivity index (χ0n) is 10.6. The van der Waals surface area contributed by atoms with Crippen molar-refractivity contribution in [3.63, 3.8) is 0 Å². The SMILES string of the molecule is CCc1cc2c(cc1C1CCOCC1)CNC2. The molecule has 0 atom stereocenters. The number of benzene rings is 1. The lowest BCUT2D eigenvalue weighted by atomic mass is 9.85. The smallest absolute Gasteiger partial charge is 0.0471 e. The number of rotatable bonds is 2. The number of aryl methyl sites for hydroxylation is 1. The molecule has 3 rings (SSSR count). The van der Waals surface area contributed by atoms with Crippen LogP contribution in [0, 0.1) is 0 Å². The van der Waals surface area contributed by atoms with Gasteiger partial charge < -0.3 is 10.1 Å². The molecule has 2 heteroatoms. The van der Waals surface area contributed by atoms with Crippen molar-refractivity contribution in [2.75, 3.05) is 13.2 Å². The molecule has 2 nitrogen and oxygen atoms in total. The summed E-state index contributed by atoms with van der Waals surface area (Å²) in [6, 6.07) is 4.89. The summed E-state index contributed by atoms with van der Waals surface area (Å²) in [5, 5.41) is 3.44. The third-order valence-corrected chi connectivity index (χ3v) is 4.13. The second-order valence-electron chi connectivity index (χ2n) is 5.16. The van der Waals surface area contributed by atoms with Crippen molar-refractivity contribution in [1.29, 1.82) is 0 Å². The van der Waals surface area contributed by atoms with Crippen LogP contribution in [0.3, 0.4) is 0 Å². The fourth-order valence-corrected chi connectivity index (χ4v) is 3.12. The molecule has 1 saturated heterocycles. The van der Waals surface area contributed by atoms with E-state index in [2.05, 4.69) is 24.4 Å².